The summed E-state index contributed by atoms with van der Waals surface area (Å²) in [7, 11) is 1.63. The van der Waals surface area contributed by atoms with Gasteiger partial charge in [0.05, 0.1) is 23.1 Å². The van der Waals surface area contributed by atoms with Gasteiger partial charge >= 0.3 is 0 Å². The van der Waals surface area contributed by atoms with Crippen LogP contribution in [0.4, 0.5) is 5.69 Å². The maximum Gasteiger partial charge on any atom is 0.277 e. The zero-order valence-electron chi connectivity index (χ0n) is 13.2. The van der Waals surface area contributed by atoms with Gasteiger partial charge in [0.2, 0.25) is 0 Å². The molecule has 116 valence electrons. The average molecular weight is 308 g/mol. The third kappa shape index (κ3) is 2.40. The van der Waals surface area contributed by atoms with Gasteiger partial charge in [-0.3, -0.25) is 15.1 Å². The molecule has 0 fully saturated rings. The monoisotopic (exact) mass is 308 g/mol. The number of hydrogen-bond acceptors (Lipinski definition) is 4. The van der Waals surface area contributed by atoms with Crippen LogP contribution < -0.4 is 4.74 Å². The Bertz CT molecular complexity index is 920. The number of fused-ring (bicyclic) bond motifs is 1. The number of para-hydroxylation sites is 1. The first-order valence-corrected chi connectivity index (χ1v) is 7.21. The Kier molecular flexibility index (Phi) is 3.70. The van der Waals surface area contributed by atoms with Gasteiger partial charge in [-0.05, 0) is 43.2 Å². The van der Waals surface area contributed by atoms with Gasteiger partial charge in [0.1, 0.15) is 5.75 Å². The Labute approximate surface area is 133 Å². The third-order valence-electron chi connectivity index (χ3n) is 4.00. The zero-order chi connectivity index (χ0) is 16.6. The van der Waals surface area contributed by atoms with Crippen LogP contribution in [0, 0.1) is 24.0 Å². The summed E-state index contributed by atoms with van der Waals surface area (Å²) in [5, 5.41) is 12.2. The van der Waals surface area contributed by atoms with Crippen molar-refractivity contribution in [2.45, 2.75) is 13.8 Å². The summed E-state index contributed by atoms with van der Waals surface area (Å²) in [5.74, 6) is 0.783. The fourth-order valence-electron chi connectivity index (χ4n) is 3.06. The van der Waals surface area contributed by atoms with Crippen LogP contribution in [0.5, 0.6) is 5.75 Å². The smallest absolute Gasteiger partial charge is 0.277 e. The largest absolute Gasteiger partial charge is 0.496 e. The molecule has 0 atom stereocenters. The predicted octanol–water partition coefficient (Wildman–Crippen LogP) is 4.44. The highest BCUT2D eigenvalue weighted by Crippen LogP contribution is 2.39. The van der Waals surface area contributed by atoms with Crippen molar-refractivity contribution in [2.24, 2.45) is 0 Å². The van der Waals surface area contributed by atoms with E-state index >= 15 is 0 Å². The first-order chi connectivity index (χ1) is 11.0. The number of nitrogens with zero attached hydrogens (tertiary/aromatic N) is 2. The van der Waals surface area contributed by atoms with Crippen molar-refractivity contribution in [3.05, 3.63) is 63.8 Å². The first-order valence-electron chi connectivity index (χ1n) is 7.21. The molecule has 0 amide bonds. The highest BCUT2D eigenvalue weighted by molar-refractivity contribution is 6.00. The molecule has 5 heteroatoms. The van der Waals surface area contributed by atoms with E-state index in [-0.39, 0.29) is 10.6 Å². The van der Waals surface area contributed by atoms with Crippen molar-refractivity contribution in [3.63, 3.8) is 0 Å². The van der Waals surface area contributed by atoms with Crippen LogP contribution in [0.2, 0.25) is 0 Å². The minimum atomic E-state index is -0.359. The van der Waals surface area contributed by atoms with E-state index < -0.39 is 0 Å². The van der Waals surface area contributed by atoms with E-state index in [0.29, 0.717) is 5.56 Å². The molecule has 0 unspecified atom stereocenters. The molecule has 2 aromatic carbocycles. The second-order valence-corrected chi connectivity index (χ2v) is 5.38. The highest BCUT2D eigenvalue weighted by Gasteiger charge is 2.19. The standard InChI is InChI=1S/C18H16N2O3/c1-11-10-15-17(12(2)18(11)23-3)14(8-9-19-15)13-6-4-5-7-16(13)20(21)22/h4-10H,1-3H3. The molecule has 0 bridgehead atoms. The fraction of sp³-hybridized carbons (Fsp3) is 0.167. The molecular weight excluding hydrogens is 292 g/mol. The van der Waals surface area contributed by atoms with Crippen LogP contribution in [0.25, 0.3) is 22.0 Å². The minimum absolute atomic E-state index is 0.0824. The van der Waals surface area contributed by atoms with Gasteiger partial charge in [0, 0.05) is 23.2 Å². The predicted molar refractivity (Wildman–Crippen MR) is 89.9 cm³/mol. The lowest BCUT2D eigenvalue weighted by molar-refractivity contribution is -0.384. The molecule has 1 heterocycles. The maximum atomic E-state index is 11.4. The number of benzene rings is 2. The van der Waals surface area contributed by atoms with E-state index in [1.165, 1.54) is 6.07 Å². The molecule has 5 nitrogen and oxygen atoms in total. The van der Waals surface area contributed by atoms with Crippen molar-refractivity contribution in [1.82, 2.24) is 4.98 Å². The molecule has 0 saturated heterocycles. The van der Waals surface area contributed by atoms with Crippen molar-refractivity contribution >= 4 is 16.6 Å². The minimum Gasteiger partial charge on any atom is -0.496 e. The van der Waals surface area contributed by atoms with Crippen molar-refractivity contribution in [2.75, 3.05) is 7.11 Å². The number of nitro benzene ring substituents is 1. The van der Waals surface area contributed by atoms with E-state index in [1.807, 2.05) is 26.0 Å². The molecule has 0 saturated carbocycles. The van der Waals surface area contributed by atoms with Gasteiger partial charge in [0.15, 0.2) is 0 Å². The molecule has 0 aliphatic carbocycles. The van der Waals surface area contributed by atoms with Gasteiger partial charge in [-0.15, -0.1) is 0 Å². The Balaban J connectivity index is 2.42. The fourth-order valence-corrected chi connectivity index (χ4v) is 3.06. The SMILES string of the molecule is COc1c(C)cc2nccc(-c3ccccc3[N+](=O)[O-])c2c1C. The Morgan fingerprint density at radius 2 is 1.87 bits per heavy atom. The van der Waals surface area contributed by atoms with Crippen molar-refractivity contribution in [1.29, 1.82) is 0 Å². The molecule has 3 rings (SSSR count). The summed E-state index contributed by atoms with van der Waals surface area (Å²) in [6.45, 7) is 3.92. The van der Waals surface area contributed by atoms with Crippen LogP contribution in [-0.2, 0) is 0 Å². The summed E-state index contributed by atoms with van der Waals surface area (Å²) < 4.78 is 5.49. The summed E-state index contributed by atoms with van der Waals surface area (Å²) in [6.07, 6.45) is 1.68. The molecule has 0 aliphatic heterocycles. The average Bonchev–Trinajstić information content (AvgIpc) is 2.54. The number of aryl methyl sites for hydroxylation is 2. The lowest BCUT2D eigenvalue weighted by Crippen LogP contribution is -1.97. The summed E-state index contributed by atoms with van der Waals surface area (Å²) >= 11 is 0. The second-order valence-electron chi connectivity index (χ2n) is 5.38. The van der Waals surface area contributed by atoms with E-state index in [0.717, 1.165) is 33.3 Å². The number of nitro groups is 1. The number of aromatic nitrogens is 1. The molecule has 23 heavy (non-hydrogen) atoms. The quantitative estimate of drug-likeness (QED) is 0.530. The zero-order valence-corrected chi connectivity index (χ0v) is 13.2. The Morgan fingerprint density at radius 3 is 2.57 bits per heavy atom. The maximum absolute atomic E-state index is 11.4. The Morgan fingerprint density at radius 1 is 1.13 bits per heavy atom. The van der Waals surface area contributed by atoms with Crippen molar-refractivity contribution in [3.8, 4) is 16.9 Å². The Hall–Kier alpha value is -2.95. The highest BCUT2D eigenvalue weighted by atomic mass is 16.6. The lowest BCUT2D eigenvalue weighted by atomic mass is 9.95. The van der Waals surface area contributed by atoms with Gasteiger partial charge < -0.3 is 4.74 Å². The summed E-state index contributed by atoms with van der Waals surface area (Å²) in [6, 6.07) is 10.5. The molecule has 0 radical (unpaired) electrons. The van der Waals surface area contributed by atoms with Crippen LogP contribution in [0.15, 0.2) is 42.6 Å². The van der Waals surface area contributed by atoms with E-state index in [1.54, 1.807) is 31.5 Å². The van der Waals surface area contributed by atoms with Gasteiger partial charge in [0.25, 0.3) is 5.69 Å². The molecule has 0 spiro atoms. The topological polar surface area (TPSA) is 65.3 Å². The lowest BCUT2D eigenvalue weighted by Gasteiger charge is -2.14. The van der Waals surface area contributed by atoms with Gasteiger partial charge in [-0.1, -0.05) is 12.1 Å². The third-order valence-corrected chi connectivity index (χ3v) is 4.00. The van der Waals surface area contributed by atoms with Crippen LogP contribution in [-0.4, -0.2) is 17.0 Å². The van der Waals surface area contributed by atoms with Gasteiger partial charge in [-0.2, -0.15) is 0 Å². The molecule has 0 aliphatic rings. The van der Waals surface area contributed by atoms with Crippen LogP contribution >= 0.6 is 0 Å². The molecular formula is C18H16N2O3. The van der Waals surface area contributed by atoms with Crippen LogP contribution in [0.1, 0.15) is 11.1 Å². The van der Waals surface area contributed by atoms with E-state index in [2.05, 4.69) is 4.98 Å². The number of ether oxygens (including phenoxy) is 1. The number of pyridine rings is 1. The molecule has 1 aromatic heterocycles. The number of rotatable bonds is 3. The normalized spacial score (nSPS) is 10.7. The summed E-state index contributed by atoms with van der Waals surface area (Å²) in [5.41, 5.74) is 4.18. The number of hydrogen-bond donors (Lipinski definition) is 0. The number of methoxy groups -OCH3 is 1. The van der Waals surface area contributed by atoms with Gasteiger partial charge in [-0.25, -0.2) is 0 Å². The summed E-state index contributed by atoms with van der Waals surface area (Å²) in [4.78, 5) is 15.4. The molecule has 3 aromatic rings. The second kappa shape index (κ2) is 5.68. The van der Waals surface area contributed by atoms with E-state index in [9.17, 15) is 10.1 Å². The van der Waals surface area contributed by atoms with E-state index in [4.69, 9.17) is 4.74 Å². The van der Waals surface area contributed by atoms with Crippen LogP contribution in [0.3, 0.4) is 0 Å². The van der Waals surface area contributed by atoms with Crippen molar-refractivity contribution < 1.29 is 9.66 Å². The first kappa shape index (κ1) is 15.0. The molecule has 0 N–H and O–H groups in total.